The Morgan fingerprint density at radius 1 is 0.370 bits per heavy atom. The molecule has 0 spiro atoms. The topological polar surface area (TPSA) is 36.0 Å². The summed E-state index contributed by atoms with van der Waals surface area (Å²) in [4.78, 5) is 7.50. The monoisotopic (exact) mass is 1040 g/mol. The molecule has 0 radical (unpaired) electrons. The molecule has 6 heteroatoms. The van der Waals surface area contributed by atoms with E-state index in [4.69, 9.17) is 8.83 Å². The molecule has 0 atom stereocenters. The van der Waals surface area contributed by atoms with Gasteiger partial charge in [0, 0.05) is 72.8 Å². The van der Waals surface area contributed by atoms with Gasteiger partial charge >= 0.3 is 0 Å². The highest BCUT2D eigenvalue weighted by atomic mass is 16.3. The standard InChI is InChI=1S/C75H50BN3O2/c1-75(2)61-39-33-47-16-6-9-21-59(47)73(61)60-38-37-57(44-62(60)75)77(56-36-32-49-40-53(29-28-50(49)41-56)72-43-52-18-8-15-27-70(52)81-72)58-45-67-74-68(46-58)79(55-34-30-48(31-35-55)71-42-51-17-7-14-26-69(51)80-71)66-25-13-11-23-64(66)76(74)63-22-10-12-24-65(63)78(67)54-19-4-3-5-20-54/h3-46H,1-2H3. The third-order valence-corrected chi connectivity index (χ3v) is 17.6. The number of nitrogens with zero attached hydrogens (tertiary/aromatic N) is 3. The van der Waals surface area contributed by atoms with Crippen LogP contribution in [0.15, 0.2) is 276 Å². The Bertz CT molecular complexity index is 4830. The summed E-state index contributed by atoms with van der Waals surface area (Å²) < 4.78 is 12.8. The van der Waals surface area contributed by atoms with Crippen LogP contribution in [-0.2, 0) is 5.41 Å². The highest BCUT2D eigenvalue weighted by Crippen LogP contribution is 2.54. The van der Waals surface area contributed by atoms with Crippen molar-refractivity contribution < 1.29 is 8.83 Å². The van der Waals surface area contributed by atoms with Gasteiger partial charge in [0.1, 0.15) is 22.7 Å². The maximum atomic E-state index is 6.43. The minimum atomic E-state index is -0.259. The second-order valence-corrected chi connectivity index (χ2v) is 22.4. The summed E-state index contributed by atoms with van der Waals surface area (Å²) in [6.45, 7) is 4.75. The third kappa shape index (κ3) is 6.93. The summed E-state index contributed by atoms with van der Waals surface area (Å²) in [6, 6.07) is 97.8. The molecule has 5 nitrogen and oxygen atoms in total. The molecule has 380 valence electrons. The quantitative estimate of drug-likeness (QED) is 0.149. The van der Waals surface area contributed by atoms with Crippen LogP contribution in [0, 0.1) is 0 Å². The van der Waals surface area contributed by atoms with Gasteiger partial charge in [0.2, 0.25) is 0 Å². The van der Waals surface area contributed by atoms with Crippen molar-refractivity contribution in [1.82, 2.24) is 0 Å². The number of rotatable bonds is 7. The van der Waals surface area contributed by atoms with E-state index in [2.05, 4.69) is 271 Å². The van der Waals surface area contributed by atoms with E-state index in [0.717, 1.165) is 101 Å². The van der Waals surface area contributed by atoms with Crippen LogP contribution >= 0.6 is 0 Å². The lowest BCUT2D eigenvalue weighted by molar-refractivity contribution is 0.631. The lowest BCUT2D eigenvalue weighted by atomic mass is 9.33. The lowest BCUT2D eigenvalue weighted by Gasteiger charge is -2.45. The van der Waals surface area contributed by atoms with Crippen molar-refractivity contribution in [2.75, 3.05) is 14.7 Å². The van der Waals surface area contributed by atoms with Crippen LogP contribution < -0.4 is 31.1 Å². The smallest absolute Gasteiger partial charge is 0.252 e. The summed E-state index contributed by atoms with van der Waals surface area (Å²) in [5, 5.41) is 7.01. The van der Waals surface area contributed by atoms with E-state index in [9.17, 15) is 0 Å². The van der Waals surface area contributed by atoms with Crippen molar-refractivity contribution in [2.45, 2.75) is 19.3 Å². The molecule has 0 fully saturated rings. The number of hydrogen-bond acceptors (Lipinski definition) is 5. The Kier molecular flexibility index (Phi) is 9.79. The van der Waals surface area contributed by atoms with Crippen molar-refractivity contribution >= 4 is 118 Å². The van der Waals surface area contributed by atoms with Gasteiger partial charge in [-0.05, 0) is 175 Å². The first-order valence-corrected chi connectivity index (χ1v) is 28.0. The summed E-state index contributed by atoms with van der Waals surface area (Å²) >= 11 is 0. The molecule has 12 aromatic carbocycles. The molecule has 2 aliphatic heterocycles. The van der Waals surface area contributed by atoms with Gasteiger partial charge in [0.05, 0.1) is 5.69 Å². The molecule has 1 aliphatic carbocycles. The second kappa shape index (κ2) is 17.4. The zero-order valence-electron chi connectivity index (χ0n) is 44.6. The molecule has 0 saturated heterocycles. The van der Waals surface area contributed by atoms with Crippen LogP contribution in [0.4, 0.5) is 51.2 Å². The first-order valence-electron chi connectivity index (χ1n) is 28.0. The minimum absolute atomic E-state index is 0.0355. The van der Waals surface area contributed by atoms with Crippen molar-refractivity contribution in [3.63, 3.8) is 0 Å². The lowest BCUT2D eigenvalue weighted by Crippen LogP contribution is -2.61. The molecule has 4 heterocycles. The van der Waals surface area contributed by atoms with E-state index < -0.39 is 0 Å². The molecule has 0 saturated carbocycles. The van der Waals surface area contributed by atoms with Crippen LogP contribution in [-0.4, -0.2) is 6.71 Å². The minimum Gasteiger partial charge on any atom is -0.456 e. The maximum Gasteiger partial charge on any atom is 0.252 e. The molecule has 14 aromatic rings. The molecular weight excluding hydrogens is 986 g/mol. The van der Waals surface area contributed by atoms with Gasteiger partial charge in [-0.1, -0.05) is 166 Å². The van der Waals surface area contributed by atoms with Crippen LogP contribution in [0.25, 0.3) is 77.3 Å². The van der Waals surface area contributed by atoms with Gasteiger partial charge < -0.3 is 23.5 Å². The fourth-order valence-corrected chi connectivity index (χ4v) is 13.8. The van der Waals surface area contributed by atoms with E-state index in [0.29, 0.717) is 0 Å². The average molecular weight is 1040 g/mol. The van der Waals surface area contributed by atoms with E-state index in [1.54, 1.807) is 0 Å². The first-order chi connectivity index (χ1) is 39.9. The third-order valence-electron chi connectivity index (χ3n) is 17.6. The van der Waals surface area contributed by atoms with Gasteiger partial charge in [0.15, 0.2) is 0 Å². The number of benzene rings is 12. The molecule has 81 heavy (non-hydrogen) atoms. The van der Waals surface area contributed by atoms with Crippen LogP contribution in [0.3, 0.4) is 0 Å². The fraction of sp³-hybridized carbons (Fsp3) is 0.0400. The van der Waals surface area contributed by atoms with E-state index in [-0.39, 0.29) is 12.1 Å². The Morgan fingerprint density at radius 3 is 1.59 bits per heavy atom. The SMILES string of the molecule is CC1(C)c2cc(N(c3cc4c5c(c3)N(c3ccc(-c6cc7ccccc7o6)cc3)c3ccccc3B5c3ccccc3N4c3ccccc3)c3ccc4cc(-c5cc6ccccc6o5)ccc4c3)ccc2-c2c1ccc1ccccc21. The number of para-hydroxylation sites is 5. The van der Waals surface area contributed by atoms with Crippen molar-refractivity contribution in [2.24, 2.45) is 0 Å². The Balaban J connectivity index is 0.912. The van der Waals surface area contributed by atoms with Crippen molar-refractivity contribution in [1.29, 1.82) is 0 Å². The average Bonchev–Trinajstić information content (AvgIpc) is 4.38. The van der Waals surface area contributed by atoms with Crippen molar-refractivity contribution in [3.8, 4) is 33.8 Å². The summed E-state index contributed by atoms with van der Waals surface area (Å²) in [5.41, 5.74) is 22.6. The van der Waals surface area contributed by atoms with Crippen LogP contribution in [0.2, 0.25) is 0 Å². The Hall–Kier alpha value is -10.3. The number of anilines is 9. The second-order valence-electron chi connectivity index (χ2n) is 22.4. The van der Waals surface area contributed by atoms with Crippen LogP contribution in [0.1, 0.15) is 25.0 Å². The number of furan rings is 2. The molecular formula is C75H50BN3O2. The predicted octanol–water partition coefficient (Wildman–Crippen LogP) is 18.7. The van der Waals surface area contributed by atoms with Gasteiger partial charge in [-0.2, -0.15) is 0 Å². The van der Waals surface area contributed by atoms with Gasteiger partial charge in [-0.3, -0.25) is 0 Å². The number of fused-ring (bicyclic) bond motifs is 12. The molecule has 2 aromatic heterocycles. The van der Waals surface area contributed by atoms with Crippen LogP contribution in [0.5, 0.6) is 0 Å². The molecule has 0 amide bonds. The van der Waals surface area contributed by atoms with Gasteiger partial charge in [-0.25, -0.2) is 0 Å². The highest BCUT2D eigenvalue weighted by Gasteiger charge is 2.44. The van der Waals surface area contributed by atoms with Gasteiger partial charge in [0.25, 0.3) is 6.71 Å². The summed E-state index contributed by atoms with van der Waals surface area (Å²) in [5.74, 6) is 1.71. The van der Waals surface area contributed by atoms with E-state index in [1.165, 1.54) is 55.1 Å². The molecule has 0 bridgehead atoms. The Labute approximate surface area is 469 Å². The molecule has 3 aliphatic rings. The van der Waals surface area contributed by atoms with E-state index >= 15 is 0 Å². The molecule has 0 unspecified atom stereocenters. The fourth-order valence-electron chi connectivity index (χ4n) is 13.8. The zero-order chi connectivity index (χ0) is 53.5. The normalized spacial score (nSPS) is 13.6. The summed E-state index contributed by atoms with van der Waals surface area (Å²) in [6.07, 6.45) is 0. The first kappa shape index (κ1) is 45.7. The molecule has 17 rings (SSSR count). The molecule has 0 N–H and O–H groups in total. The Morgan fingerprint density at radius 2 is 0.901 bits per heavy atom. The zero-order valence-corrected chi connectivity index (χ0v) is 44.6. The van der Waals surface area contributed by atoms with E-state index in [1.807, 2.05) is 24.3 Å². The van der Waals surface area contributed by atoms with Crippen molar-refractivity contribution in [3.05, 3.63) is 278 Å². The largest absolute Gasteiger partial charge is 0.456 e. The highest BCUT2D eigenvalue weighted by molar-refractivity contribution is 7.00. The number of hydrogen-bond donors (Lipinski definition) is 0. The van der Waals surface area contributed by atoms with Gasteiger partial charge in [-0.15, -0.1) is 0 Å². The summed E-state index contributed by atoms with van der Waals surface area (Å²) in [7, 11) is 0. The predicted molar refractivity (Wildman–Crippen MR) is 338 cm³/mol. The maximum absolute atomic E-state index is 6.43.